The minimum atomic E-state index is -0.832. The summed E-state index contributed by atoms with van der Waals surface area (Å²) in [5, 5.41) is 22.0. The molecule has 0 amide bonds. The van der Waals surface area contributed by atoms with Crippen LogP contribution in [0, 0.1) is 0 Å². The summed E-state index contributed by atoms with van der Waals surface area (Å²) in [6, 6.07) is 4.22. The van der Waals surface area contributed by atoms with Gasteiger partial charge in [-0.1, -0.05) is 25.0 Å². The van der Waals surface area contributed by atoms with Crippen molar-refractivity contribution in [1.82, 2.24) is 4.90 Å². The third-order valence-corrected chi connectivity index (χ3v) is 8.35. The Labute approximate surface area is 179 Å². The SMILES string of the molecule is CCCC(C)(O)CC1(OC)CC(C)=C2[C@H]3Cc4ccc(O)c5c4C2(CCN3C)C1O5. The van der Waals surface area contributed by atoms with Gasteiger partial charge in [-0.25, -0.2) is 0 Å². The first-order chi connectivity index (χ1) is 14.2. The van der Waals surface area contributed by atoms with Crippen molar-refractivity contribution < 1.29 is 19.7 Å². The van der Waals surface area contributed by atoms with Crippen LogP contribution in [0.4, 0.5) is 0 Å². The maximum atomic E-state index is 11.2. The first-order valence-corrected chi connectivity index (χ1v) is 11.4. The van der Waals surface area contributed by atoms with Crippen molar-refractivity contribution >= 4 is 0 Å². The molecule has 1 aromatic rings. The second-order valence-corrected chi connectivity index (χ2v) is 10.4. The molecule has 5 nitrogen and oxygen atoms in total. The number of hydrogen-bond acceptors (Lipinski definition) is 5. The summed E-state index contributed by atoms with van der Waals surface area (Å²) < 4.78 is 13.0. The molecule has 30 heavy (non-hydrogen) atoms. The second kappa shape index (κ2) is 6.47. The zero-order chi connectivity index (χ0) is 21.5. The Kier molecular flexibility index (Phi) is 4.39. The highest BCUT2D eigenvalue weighted by molar-refractivity contribution is 5.67. The first kappa shape index (κ1) is 20.3. The van der Waals surface area contributed by atoms with E-state index >= 15 is 0 Å². The lowest BCUT2D eigenvalue weighted by atomic mass is 9.51. The van der Waals surface area contributed by atoms with E-state index in [1.54, 1.807) is 13.2 Å². The molecule has 0 aromatic heterocycles. The molecule has 1 aromatic carbocycles. The molecule has 1 spiro atoms. The number of ether oxygens (including phenoxy) is 2. The van der Waals surface area contributed by atoms with Gasteiger partial charge >= 0.3 is 0 Å². The molecule has 1 fully saturated rings. The van der Waals surface area contributed by atoms with Gasteiger partial charge in [0.05, 0.1) is 11.0 Å². The van der Waals surface area contributed by atoms with Gasteiger partial charge in [-0.15, -0.1) is 0 Å². The summed E-state index contributed by atoms with van der Waals surface area (Å²) >= 11 is 0. The van der Waals surface area contributed by atoms with E-state index in [0.717, 1.165) is 38.6 Å². The number of nitrogens with zero attached hydrogens (tertiary/aromatic N) is 1. The fourth-order valence-corrected chi connectivity index (χ4v) is 7.44. The standard InChI is InChI=1S/C25H35NO4/c1-6-9-23(3,28)14-24(29-5)13-15(2)19-17-12-16-7-8-18(27)21-20(16)25(19,22(24)30-21)10-11-26(17)4/h7-8,17,22,27-28H,6,9-14H2,1-5H3/t17-,22?,23?,24?,25?/m1/s1. The summed E-state index contributed by atoms with van der Waals surface area (Å²) in [6.07, 6.45) is 4.57. The zero-order valence-corrected chi connectivity index (χ0v) is 18.9. The molecule has 2 aliphatic heterocycles. The Morgan fingerprint density at radius 3 is 2.83 bits per heavy atom. The molecule has 0 radical (unpaired) electrons. The van der Waals surface area contributed by atoms with E-state index in [-0.39, 0.29) is 17.3 Å². The average Bonchev–Trinajstić information content (AvgIpc) is 3.04. The third-order valence-electron chi connectivity index (χ3n) is 8.35. The van der Waals surface area contributed by atoms with Crippen molar-refractivity contribution in [1.29, 1.82) is 0 Å². The van der Waals surface area contributed by atoms with E-state index in [0.29, 0.717) is 18.2 Å². The van der Waals surface area contributed by atoms with Crippen LogP contribution >= 0.6 is 0 Å². The number of benzene rings is 1. The Bertz CT molecular complexity index is 922. The summed E-state index contributed by atoms with van der Waals surface area (Å²) in [6.45, 7) is 7.26. The van der Waals surface area contributed by atoms with Gasteiger partial charge in [0.25, 0.3) is 0 Å². The molecule has 4 unspecified atom stereocenters. The Morgan fingerprint density at radius 2 is 2.13 bits per heavy atom. The summed E-state index contributed by atoms with van der Waals surface area (Å²) in [5.74, 6) is 0.862. The third kappa shape index (κ3) is 2.46. The topological polar surface area (TPSA) is 62.2 Å². The van der Waals surface area contributed by atoms with E-state index in [1.807, 2.05) is 6.92 Å². The molecule has 5 atom stereocenters. The molecule has 0 saturated carbocycles. The van der Waals surface area contributed by atoms with Gasteiger partial charge in [0, 0.05) is 31.6 Å². The van der Waals surface area contributed by atoms with Crippen molar-refractivity contribution in [2.45, 2.75) is 88.1 Å². The molecule has 2 aliphatic carbocycles. The van der Waals surface area contributed by atoms with Crippen LogP contribution in [0.2, 0.25) is 0 Å². The predicted octanol–water partition coefficient (Wildman–Crippen LogP) is 3.70. The average molecular weight is 414 g/mol. The predicted molar refractivity (Wildman–Crippen MR) is 116 cm³/mol. The fraction of sp³-hybridized carbons (Fsp3) is 0.680. The molecule has 2 bridgehead atoms. The number of phenols is 1. The quantitative estimate of drug-likeness (QED) is 0.721. The van der Waals surface area contributed by atoms with E-state index in [4.69, 9.17) is 9.47 Å². The molecule has 2 N–H and O–H groups in total. The Morgan fingerprint density at radius 1 is 1.37 bits per heavy atom. The molecule has 4 aliphatic rings. The number of aliphatic hydroxyl groups is 1. The van der Waals surface area contributed by atoms with Crippen LogP contribution in [-0.2, 0) is 16.6 Å². The van der Waals surface area contributed by atoms with Crippen LogP contribution < -0.4 is 4.74 Å². The van der Waals surface area contributed by atoms with Gasteiger partial charge in [0.2, 0.25) is 0 Å². The van der Waals surface area contributed by atoms with Crippen molar-refractivity contribution in [3.8, 4) is 11.5 Å². The molecule has 5 heteroatoms. The van der Waals surface area contributed by atoms with Gasteiger partial charge in [-0.3, -0.25) is 4.90 Å². The lowest BCUT2D eigenvalue weighted by Crippen LogP contribution is -2.67. The maximum Gasteiger partial charge on any atom is 0.166 e. The fourth-order valence-electron chi connectivity index (χ4n) is 7.44. The maximum absolute atomic E-state index is 11.2. The highest BCUT2D eigenvalue weighted by Gasteiger charge is 2.68. The lowest BCUT2D eigenvalue weighted by molar-refractivity contribution is -0.155. The lowest BCUT2D eigenvalue weighted by Gasteiger charge is -2.59. The Balaban J connectivity index is 1.75. The van der Waals surface area contributed by atoms with Gasteiger partial charge in [-0.2, -0.15) is 0 Å². The van der Waals surface area contributed by atoms with Crippen molar-refractivity contribution in [2.75, 3.05) is 20.7 Å². The minimum absolute atomic E-state index is 0.220. The van der Waals surface area contributed by atoms with Crippen molar-refractivity contribution in [3.63, 3.8) is 0 Å². The molecule has 2 heterocycles. The van der Waals surface area contributed by atoms with Crippen LogP contribution in [0.25, 0.3) is 0 Å². The van der Waals surface area contributed by atoms with Crippen LogP contribution in [-0.4, -0.2) is 59.2 Å². The number of methoxy groups -OCH3 is 1. The van der Waals surface area contributed by atoms with E-state index < -0.39 is 11.2 Å². The van der Waals surface area contributed by atoms with Crippen LogP contribution in [0.15, 0.2) is 23.3 Å². The molecule has 5 rings (SSSR count). The number of piperidine rings is 1. The van der Waals surface area contributed by atoms with E-state index in [1.165, 1.54) is 22.3 Å². The minimum Gasteiger partial charge on any atom is -0.504 e. The number of aromatic hydroxyl groups is 1. The summed E-state index contributed by atoms with van der Waals surface area (Å²) in [4.78, 5) is 2.47. The van der Waals surface area contributed by atoms with Gasteiger partial charge in [-0.05, 0) is 63.9 Å². The molecular formula is C25H35NO4. The Hall–Kier alpha value is -1.56. The van der Waals surface area contributed by atoms with E-state index in [2.05, 4.69) is 31.9 Å². The van der Waals surface area contributed by atoms with Gasteiger partial charge in [0.15, 0.2) is 11.5 Å². The van der Waals surface area contributed by atoms with Crippen LogP contribution in [0.3, 0.4) is 0 Å². The smallest absolute Gasteiger partial charge is 0.166 e. The number of likely N-dealkylation sites (N-methyl/N-ethyl adjacent to an activating group) is 1. The van der Waals surface area contributed by atoms with Crippen molar-refractivity contribution in [3.05, 3.63) is 34.4 Å². The molecular weight excluding hydrogens is 378 g/mol. The first-order valence-electron chi connectivity index (χ1n) is 11.4. The van der Waals surface area contributed by atoms with Gasteiger partial charge in [0.1, 0.15) is 11.7 Å². The largest absolute Gasteiger partial charge is 0.504 e. The summed E-state index contributed by atoms with van der Waals surface area (Å²) in [5.41, 5.74) is 3.56. The van der Waals surface area contributed by atoms with Gasteiger partial charge < -0.3 is 19.7 Å². The zero-order valence-electron chi connectivity index (χ0n) is 18.9. The number of phenolic OH excluding ortho intramolecular Hbond substituents is 1. The molecule has 164 valence electrons. The van der Waals surface area contributed by atoms with E-state index in [9.17, 15) is 10.2 Å². The van der Waals surface area contributed by atoms with Crippen LogP contribution in [0.5, 0.6) is 11.5 Å². The highest BCUT2D eigenvalue weighted by Crippen LogP contribution is 2.66. The normalized spacial score (nSPS) is 36.3. The second-order valence-electron chi connectivity index (χ2n) is 10.4. The number of hydrogen-bond donors (Lipinski definition) is 2. The highest BCUT2D eigenvalue weighted by atomic mass is 16.6. The molecule has 1 saturated heterocycles. The van der Waals surface area contributed by atoms with Crippen LogP contribution in [0.1, 0.15) is 64.0 Å². The van der Waals surface area contributed by atoms with Crippen molar-refractivity contribution in [2.24, 2.45) is 0 Å². The monoisotopic (exact) mass is 413 g/mol. The number of rotatable bonds is 5. The number of likely N-dealkylation sites (tertiary alicyclic amines) is 1. The summed E-state index contributed by atoms with van der Waals surface area (Å²) in [7, 11) is 3.98.